The van der Waals surface area contributed by atoms with Gasteiger partial charge in [0, 0.05) is 0 Å². The molecule has 4 nitrogen and oxygen atoms in total. The fraction of sp³-hybridized carbons (Fsp3) is 0.0909. The van der Waals surface area contributed by atoms with Crippen molar-refractivity contribution < 1.29 is 35.5 Å². The van der Waals surface area contributed by atoms with Crippen LogP contribution in [0, 0.1) is 23.3 Å². The number of aromatic nitrogens is 2. The first-order valence-electron chi connectivity index (χ1n) is 5.49. The number of rotatable bonds is 2. The molecule has 124 valence electrons. The van der Waals surface area contributed by atoms with Crippen molar-refractivity contribution in [3.8, 4) is 0 Å². The molecule has 0 spiro atoms. The maximum atomic E-state index is 13.6. The minimum absolute atomic E-state index is 0.0451. The van der Waals surface area contributed by atoms with Gasteiger partial charge in [-0.1, -0.05) is 0 Å². The molecule has 0 aliphatic carbocycles. The summed E-state index contributed by atoms with van der Waals surface area (Å²) in [5, 5.41) is 6.95. The largest absolute Gasteiger partial charge is 0.422 e. The molecule has 1 aromatic heterocycles. The topological polar surface area (TPSA) is 57.8 Å². The van der Waals surface area contributed by atoms with Crippen LogP contribution in [0.1, 0.15) is 16.1 Å². The predicted molar refractivity (Wildman–Crippen MR) is 65.5 cm³/mol. The van der Waals surface area contributed by atoms with E-state index in [0.717, 1.165) is 6.20 Å². The van der Waals surface area contributed by atoms with Gasteiger partial charge in [0.25, 0.3) is 5.91 Å². The normalized spacial score (nSPS) is 11.7. The highest BCUT2D eigenvalue weighted by Gasteiger charge is 2.42. The van der Waals surface area contributed by atoms with Crippen LogP contribution in [-0.2, 0) is 6.18 Å². The number of halogens is 8. The lowest BCUT2D eigenvalue weighted by Gasteiger charge is -2.14. The Balaban J connectivity index is 2.53. The van der Waals surface area contributed by atoms with Crippen LogP contribution in [0.3, 0.4) is 0 Å². The third kappa shape index (κ3) is 3.02. The van der Waals surface area contributed by atoms with E-state index < -0.39 is 46.6 Å². The monoisotopic (exact) mass is 405 g/mol. The molecule has 0 fully saturated rings. The molecule has 23 heavy (non-hydrogen) atoms. The van der Waals surface area contributed by atoms with E-state index in [2.05, 4.69) is 26.1 Å². The number of aromatic amines is 1. The molecule has 0 aliphatic heterocycles. The van der Waals surface area contributed by atoms with Crippen molar-refractivity contribution in [2.75, 3.05) is 5.32 Å². The van der Waals surface area contributed by atoms with Crippen LogP contribution < -0.4 is 5.32 Å². The van der Waals surface area contributed by atoms with Gasteiger partial charge in [0.05, 0.1) is 10.7 Å². The number of nitrogens with zero attached hydrogens (tertiary/aromatic N) is 1. The van der Waals surface area contributed by atoms with Crippen LogP contribution in [0.4, 0.5) is 36.4 Å². The molecule has 0 unspecified atom stereocenters. The van der Waals surface area contributed by atoms with Crippen LogP contribution in [-0.4, -0.2) is 16.1 Å². The Morgan fingerprint density at radius 3 is 2.00 bits per heavy atom. The van der Waals surface area contributed by atoms with Crippen molar-refractivity contribution in [3.63, 3.8) is 0 Å². The van der Waals surface area contributed by atoms with Crippen LogP contribution in [0.15, 0.2) is 10.7 Å². The van der Waals surface area contributed by atoms with E-state index in [-0.39, 0.29) is 10.2 Å². The fourth-order valence-electron chi connectivity index (χ4n) is 1.60. The summed E-state index contributed by atoms with van der Waals surface area (Å²) < 4.78 is 91.3. The molecule has 0 atom stereocenters. The molecule has 2 aromatic rings. The van der Waals surface area contributed by atoms with Gasteiger partial charge in [-0.3, -0.25) is 9.89 Å². The first-order chi connectivity index (χ1) is 10.6. The number of H-pyrrole nitrogens is 1. The Morgan fingerprint density at radius 2 is 1.61 bits per heavy atom. The summed E-state index contributed by atoms with van der Waals surface area (Å²) in [6.45, 7) is 0. The van der Waals surface area contributed by atoms with E-state index in [1.807, 2.05) is 0 Å². The lowest BCUT2D eigenvalue weighted by atomic mass is 10.1. The van der Waals surface area contributed by atoms with Crippen molar-refractivity contribution in [2.24, 2.45) is 0 Å². The number of anilines is 1. The third-order valence-electron chi connectivity index (χ3n) is 2.61. The van der Waals surface area contributed by atoms with Crippen molar-refractivity contribution in [1.29, 1.82) is 0 Å². The predicted octanol–water partition coefficient (Wildman–Crippen LogP) is 4.00. The molecular formula is C11H3BrF7N3O. The van der Waals surface area contributed by atoms with E-state index in [1.54, 1.807) is 0 Å². The standard InChI is InChI=1S/C11H3BrF7N3O/c12-2-1-20-22-8(2)10(23)21-9-6(15)4(13)3(11(17,18)19)5(14)7(9)16/h1H,(H,20,22)(H,21,23). The number of nitrogens with one attached hydrogen (secondary N) is 2. The number of alkyl halides is 3. The molecule has 0 bridgehead atoms. The lowest BCUT2D eigenvalue weighted by molar-refractivity contribution is -0.143. The molecule has 12 heteroatoms. The smallest absolute Gasteiger partial charge is 0.315 e. The molecule has 2 N–H and O–H groups in total. The Hall–Kier alpha value is -2.11. The second kappa shape index (κ2) is 5.83. The van der Waals surface area contributed by atoms with Gasteiger partial charge in [0.2, 0.25) is 0 Å². The minimum Gasteiger partial charge on any atom is -0.315 e. The summed E-state index contributed by atoms with van der Waals surface area (Å²) in [7, 11) is 0. The van der Waals surface area contributed by atoms with Crippen LogP contribution >= 0.6 is 15.9 Å². The van der Waals surface area contributed by atoms with Crippen molar-refractivity contribution in [2.45, 2.75) is 6.18 Å². The van der Waals surface area contributed by atoms with Gasteiger partial charge < -0.3 is 5.32 Å². The zero-order valence-electron chi connectivity index (χ0n) is 10.5. The van der Waals surface area contributed by atoms with Gasteiger partial charge in [-0.05, 0) is 15.9 Å². The molecule has 0 aliphatic rings. The third-order valence-corrected chi connectivity index (χ3v) is 3.21. The molecular weight excluding hydrogens is 403 g/mol. The first-order valence-corrected chi connectivity index (χ1v) is 6.28. The van der Waals surface area contributed by atoms with E-state index in [9.17, 15) is 35.5 Å². The van der Waals surface area contributed by atoms with Gasteiger partial charge >= 0.3 is 6.18 Å². The number of carbonyl (C=O) groups excluding carboxylic acids is 1. The van der Waals surface area contributed by atoms with Gasteiger partial charge in [0.1, 0.15) is 16.9 Å². The summed E-state index contributed by atoms with van der Waals surface area (Å²) in [6, 6.07) is 0. The second-order valence-electron chi connectivity index (χ2n) is 4.05. The molecule has 0 saturated heterocycles. The summed E-state index contributed by atoms with van der Waals surface area (Å²) in [4.78, 5) is 11.7. The van der Waals surface area contributed by atoms with Crippen molar-refractivity contribution in [3.05, 3.63) is 45.2 Å². The summed E-state index contributed by atoms with van der Waals surface area (Å²) >= 11 is 2.84. The van der Waals surface area contributed by atoms with Crippen LogP contribution in [0.25, 0.3) is 0 Å². The maximum absolute atomic E-state index is 13.6. The number of benzene rings is 1. The highest BCUT2D eigenvalue weighted by molar-refractivity contribution is 9.10. The van der Waals surface area contributed by atoms with Crippen LogP contribution in [0.5, 0.6) is 0 Å². The number of carbonyl (C=O) groups is 1. The highest BCUT2D eigenvalue weighted by Crippen LogP contribution is 2.38. The number of hydrogen-bond donors (Lipinski definition) is 2. The molecule has 0 radical (unpaired) electrons. The highest BCUT2D eigenvalue weighted by atomic mass is 79.9. The van der Waals surface area contributed by atoms with E-state index in [0.29, 0.717) is 0 Å². The van der Waals surface area contributed by atoms with E-state index >= 15 is 0 Å². The Bertz CT molecular complexity index is 758. The zero-order valence-corrected chi connectivity index (χ0v) is 12.0. The molecule has 0 saturated carbocycles. The SMILES string of the molecule is O=C(Nc1c(F)c(F)c(C(F)(F)F)c(F)c1F)c1[nH]ncc1Br. The summed E-state index contributed by atoms with van der Waals surface area (Å²) in [5.74, 6) is -11.4. The van der Waals surface area contributed by atoms with Crippen molar-refractivity contribution in [1.82, 2.24) is 10.2 Å². The first kappa shape index (κ1) is 17.2. The Morgan fingerprint density at radius 1 is 1.09 bits per heavy atom. The maximum Gasteiger partial charge on any atom is 0.422 e. The van der Waals surface area contributed by atoms with Gasteiger partial charge in [-0.15, -0.1) is 0 Å². The van der Waals surface area contributed by atoms with Gasteiger partial charge in [0.15, 0.2) is 23.3 Å². The van der Waals surface area contributed by atoms with Crippen LogP contribution in [0.2, 0.25) is 0 Å². The number of hydrogen-bond acceptors (Lipinski definition) is 2. The molecule has 1 amide bonds. The zero-order chi connectivity index (χ0) is 17.5. The summed E-state index contributed by atoms with van der Waals surface area (Å²) in [5.41, 5.74) is -4.79. The van der Waals surface area contributed by atoms with E-state index in [1.165, 1.54) is 5.32 Å². The van der Waals surface area contributed by atoms with E-state index in [4.69, 9.17) is 0 Å². The average molecular weight is 406 g/mol. The fourth-order valence-corrected chi connectivity index (χ4v) is 1.97. The minimum atomic E-state index is -5.66. The van der Waals surface area contributed by atoms with Gasteiger partial charge in [-0.25, -0.2) is 17.6 Å². The quantitative estimate of drug-likeness (QED) is 0.586. The second-order valence-corrected chi connectivity index (χ2v) is 4.91. The lowest BCUT2D eigenvalue weighted by Crippen LogP contribution is -2.20. The molecule has 2 rings (SSSR count). The average Bonchev–Trinajstić information content (AvgIpc) is 2.86. The summed E-state index contributed by atoms with van der Waals surface area (Å²) in [6.07, 6.45) is -4.57. The Labute approximate surface area is 130 Å². The Kier molecular flexibility index (Phi) is 4.37. The molecule has 1 heterocycles. The number of amides is 1. The molecule has 1 aromatic carbocycles. The van der Waals surface area contributed by atoms with Crippen molar-refractivity contribution >= 4 is 27.5 Å². The van der Waals surface area contributed by atoms with Gasteiger partial charge in [-0.2, -0.15) is 18.3 Å².